The molecule has 0 radical (unpaired) electrons. The summed E-state index contributed by atoms with van der Waals surface area (Å²) in [5.41, 5.74) is 1.07. The lowest BCUT2D eigenvalue weighted by Gasteiger charge is -2.16. The highest BCUT2D eigenvalue weighted by molar-refractivity contribution is 8.14. The van der Waals surface area contributed by atoms with Crippen LogP contribution in [0.25, 0.3) is 0 Å². The molecule has 2 rings (SSSR count). The van der Waals surface area contributed by atoms with Gasteiger partial charge in [0.1, 0.15) is 5.15 Å². The van der Waals surface area contributed by atoms with E-state index in [4.69, 9.17) is 22.0 Å². The van der Waals surface area contributed by atoms with Crippen LogP contribution in [0.4, 0.5) is 0 Å². The van der Waals surface area contributed by atoms with Crippen molar-refractivity contribution in [3.05, 3.63) is 29.0 Å². The first-order valence-corrected chi connectivity index (χ1v) is 6.55. The quantitative estimate of drug-likeness (QED) is 0.661. The third-order valence-electron chi connectivity index (χ3n) is 2.17. The molecule has 1 aromatic heterocycles. The van der Waals surface area contributed by atoms with Gasteiger partial charge in [0.25, 0.3) is 0 Å². The van der Waals surface area contributed by atoms with E-state index >= 15 is 0 Å². The van der Waals surface area contributed by atoms with Crippen molar-refractivity contribution in [2.24, 2.45) is 4.99 Å². The van der Waals surface area contributed by atoms with Gasteiger partial charge in [0, 0.05) is 32.1 Å². The van der Waals surface area contributed by atoms with Gasteiger partial charge in [-0.05, 0) is 11.6 Å². The zero-order valence-electron chi connectivity index (χ0n) is 9.88. The molecule has 0 saturated carbocycles. The molecule has 0 bridgehead atoms. The Hall–Kier alpha value is -1.29. The van der Waals surface area contributed by atoms with E-state index in [0.29, 0.717) is 5.15 Å². The lowest BCUT2D eigenvalue weighted by Crippen LogP contribution is -2.23. The molecule has 1 fully saturated rings. The van der Waals surface area contributed by atoms with Crippen LogP contribution in [0, 0.1) is 11.5 Å². The lowest BCUT2D eigenvalue weighted by atomic mass is 10.3. The van der Waals surface area contributed by atoms with E-state index in [1.807, 2.05) is 12.3 Å². The Kier molecular flexibility index (Phi) is 6.50. The van der Waals surface area contributed by atoms with Gasteiger partial charge in [-0.25, -0.2) is 4.98 Å². The standard InChI is InChI=1S/C10H9ClN4S.CH4O/c11-9-2-1-8(5-13-9)6-15-3-4-16-10(15)14-7-12;1-2/h1-2,5H,3-4,6H2;2H,1H3. The number of aromatic nitrogens is 1. The molecule has 0 spiro atoms. The number of nitrogens with zero attached hydrogens (tertiary/aromatic N) is 4. The number of hydrogen-bond donors (Lipinski definition) is 1. The van der Waals surface area contributed by atoms with Crippen molar-refractivity contribution in [3.8, 4) is 6.19 Å². The van der Waals surface area contributed by atoms with E-state index in [2.05, 4.69) is 14.9 Å². The fourth-order valence-corrected chi connectivity index (χ4v) is 2.50. The van der Waals surface area contributed by atoms with Crippen LogP contribution in [0.15, 0.2) is 23.3 Å². The molecule has 96 valence electrons. The van der Waals surface area contributed by atoms with Crippen molar-refractivity contribution in [2.75, 3.05) is 19.4 Å². The second-order valence-electron chi connectivity index (χ2n) is 3.25. The van der Waals surface area contributed by atoms with Crippen LogP contribution in [0.2, 0.25) is 5.15 Å². The van der Waals surface area contributed by atoms with Crippen LogP contribution >= 0.6 is 23.4 Å². The van der Waals surface area contributed by atoms with Gasteiger partial charge >= 0.3 is 0 Å². The number of halogens is 1. The highest BCUT2D eigenvalue weighted by Gasteiger charge is 2.19. The van der Waals surface area contributed by atoms with Gasteiger partial charge in [-0.3, -0.25) is 0 Å². The molecule has 5 nitrogen and oxygen atoms in total. The molecular formula is C11H13ClN4OS. The molecular weight excluding hydrogens is 272 g/mol. The molecule has 1 N–H and O–H groups in total. The highest BCUT2D eigenvalue weighted by Crippen LogP contribution is 2.20. The molecule has 1 saturated heterocycles. The zero-order valence-corrected chi connectivity index (χ0v) is 11.4. The van der Waals surface area contributed by atoms with Crippen LogP contribution in [0.3, 0.4) is 0 Å². The Balaban J connectivity index is 0.000000771. The molecule has 0 unspecified atom stereocenters. The average Bonchev–Trinajstić information content (AvgIpc) is 2.83. The van der Waals surface area contributed by atoms with Gasteiger partial charge < -0.3 is 10.0 Å². The van der Waals surface area contributed by atoms with Gasteiger partial charge in [-0.15, -0.1) is 4.99 Å². The average molecular weight is 285 g/mol. The third-order valence-corrected chi connectivity index (χ3v) is 3.39. The van der Waals surface area contributed by atoms with Crippen LogP contribution in [-0.2, 0) is 6.54 Å². The van der Waals surface area contributed by atoms with Gasteiger partial charge in [-0.2, -0.15) is 5.26 Å². The first-order chi connectivity index (χ1) is 8.79. The number of aliphatic hydroxyl groups is 1. The number of amidine groups is 1. The molecule has 18 heavy (non-hydrogen) atoms. The van der Waals surface area contributed by atoms with E-state index in [0.717, 1.165) is 36.7 Å². The molecule has 0 aromatic carbocycles. The number of hydrogen-bond acceptors (Lipinski definition) is 5. The summed E-state index contributed by atoms with van der Waals surface area (Å²) in [7, 11) is 1.00. The Morgan fingerprint density at radius 2 is 2.39 bits per heavy atom. The molecule has 1 aliphatic heterocycles. The Bertz CT molecular complexity index is 443. The minimum atomic E-state index is 0.491. The Labute approximate surface area is 115 Å². The number of thioether (sulfide) groups is 1. The summed E-state index contributed by atoms with van der Waals surface area (Å²) < 4.78 is 0. The number of nitriles is 1. The normalized spacial score (nSPS) is 16.1. The van der Waals surface area contributed by atoms with Crippen molar-refractivity contribution in [2.45, 2.75) is 6.54 Å². The number of pyridine rings is 1. The summed E-state index contributed by atoms with van der Waals surface area (Å²) in [5.74, 6) is 0.974. The van der Waals surface area contributed by atoms with E-state index in [1.165, 1.54) is 0 Å². The smallest absolute Gasteiger partial charge is 0.208 e. The molecule has 1 aliphatic rings. The topological polar surface area (TPSA) is 72.5 Å². The maximum Gasteiger partial charge on any atom is 0.208 e. The molecule has 0 aliphatic carbocycles. The summed E-state index contributed by atoms with van der Waals surface area (Å²) in [5, 5.41) is 16.8. The summed E-state index contributed by atoms with van der Waals surface area (Å²) in [6.07, 6.45) is 3.57. The second-order valence-corrected chi connectivity index (χ2v) is 4.70. The van der Waals surface area contributed by atoms with Crippen LogP contribution < -0.4 is 0 Å². The van der Waals surface area contributed by atoms with Crippen molar-refractivity contribution >= 4 is 28.5 Å². The van der Waals surface area contributed by atoms with E-state index in [1.54, 1.807) is 24.0 Å². The predicted octanol–water partition coefficient (Wildman–Crippen LogP) is 1.73. The monoisotopic (exact) mass is 284 g/mol. The SMILES string of the molecule is CO.N#CN=C1SCCN1Cc1ccc(Cl)nc1. The largest absolute Gasteiger partial charge is 0.400 e. The van der Waals surface area contributed by atoms with Crippen molar-refractivity contribution in [1.82, 2.24) is 9.88 Å². The Morgan fingerprint density at radius 3 is 3.00 bits per heavy atom. The summed E-state index contributed by atoms with van der Waals surface area (Å²) in [4.78, 5) is 9.87. The predicted molar refractivity (Wildman–Crippen MR) is 73.3 cm³/mol. The van der Waals surface area contributed by atoms with Gasteiger partial charge in [0.2, 0.25) is 6.19 Å². The molecule has 0 amide bonds. The maximum absolute atomic E-state index is 8.54. The van der Waals surface area contributed by atoms with Crippen LogP contribution in [0.5, 0.6) is 0 Å². The van der Waals surface area contributed by atoms with Crippen LogP contribution in [0.1, 0.15) is 5.56 Å². The maximum atomic E-state index is 8.54. The second kappa shape index (κ2) is 7.93. The minimum absolute atomic E-state index is 0.491. The number of aliphatic hydroxyl groups excluding tert-OH is 1. The van der Waals surface area contributed by atoms with E-state index in [-0.39, 0.29) is 0 Å². The van der Waals surface area contributed by atoms with Gasteiger partial charge in [-0.1, -0.05) is 29.4 Å². The third kappa shape index (κ3) is 4.18. The summed E-state index contributed by atoms with van der Waals surface area (Å²) in [6, 6.07) is 3.70. The van der Waals surface area contributed by atoms with Gasteiger partial charge in [0.05, 0.1) is 0 Å². The van der Waals surface area contributed by atoms with E-state index < -0.39 is 0 Å². The first kappa shape index (κ1) is 14.8. The number of aliphatic imine (C=N–C) groups is 1. The zero-order chi connectivity index (χ0) is 13.4. The number of rotatable bonds is 2. The molecule has 0 atom stereocenters. The molecule has 2 heterocycles. The fraction of sp³-hybridized carbons (Fsp3) is 0.364. The van der Waals surface area contributed by atoms with E-state index in [9.17, 15) is 0 Å². The lowest BCUT2D eigenvalue weighted by molar-refractivity contribution is 0.399. The summed E-state index contributed by atoms with van der Waals surface area (Å²) in [6.45, 7) is 1.63. The molecule has 7 heteroatoms. The first-order valence-electron chi connectivity index (χ1n) is 5.19. The molecule has 1 aromatic rings. The fourth-order valence-electron chi connectivity index (χ4n) is 1.45. The summed E-state index contributed by atoms with van der Waals surface area (Å²) >= 11 is 7.32. The minimum Gasteiger partial charge on any atom is -0.400 e. The van der Waals surface area contributed by atoms with Crippen LogP contribution in [-0.4, -0.2) is 39.6 Å². The van der Waals surface area contributed by atoms with Gasteiger partial charge in [0.15, 0.2) is 5.17 Å². The van der Waals surface area contributed by atoms with Crippen molar-refractivity contribution < 1.29 is 5.11 Å². The highest BCUT2D eigenvalue weighted by atomic mass is 35.5. The van der Waals surface area contributed by atoms with Crippen molar-refractivity contribution in [1.29, 1.82) is 5.26 Å². The van der Waals surface area contributed by atoms with Crippen molar-refractivity contribution in [3.63, 3.8) is 0 Å². The Morgan fingerprint density at radius 1 is 1.61 bits per heavy atom.